The van der Waals surface area contributed by atoms with E-state index < -0.39 is 11.9 Å². The number of hydrogen-bond donors (Lipinski definition) is 1. The molecule has 1 amide bonds. The smallest absolute Gasteiger partial charge is 0.409 e. The Morgan fingerprint density at radius 2 is 1.59 bits per heavy atom. The van der Waals surface area contributed by atoms with Crippen molar-refractivity contribution >= 4 is 12.1 Å². The van der Waals surface area contributed by atoms with E-state index in [1.807, 2.05) is 24.3 Å². The maximum absolute atomic E-state index is 13.1. The summed E-state index contributed by atoms with van der Waals surface area (Å²) in [6, 6.07) is 16.6. The van der Waals surface area contributed by atoms with Gasteiger partial charge in [-0.2, -0.15) is 0 Å². The molecule has 2 aromatic carbocycles. The Morgan fingerprint density at radius 1 is 0.969 bits per heavy atom. The Hall–Kier alpha value is -2.86. The number of likely N-dealkylation sites (tertiary alicyclic amines) is 1. The van der Waals surface area contributed by atoms with E-state index in [1.165, 1.54) is 22.3 Å². The van der Waals surface area contributed by atoms with Gasteiger partial charge in [-0.3, -0.25) is 4.79 Å². The standard InChI is InChI=1S/C26H28N2O4/c29-24(30)23-13-28(16-26(23)15-27-11-9-17(26)10-12-27)25(31)32-14-22-20-7-3-1-5-18(20)19-6-2-4-8-21(19)22/h1-8,17,22-23H,9-16H2,(H,29,30). The molecule has 1 aliphatic carbocycles. The third-order valence-corrected chi connectivity index (χ3v) is 8.39. The molecular formula is C26H28N2O4. The quantitative estimate of drug-likeness (QED) is 0.802. The average Bonchev–Trinajstić information content (AvgIpc) is 3.35. The van der Waals surface area contributed by atoms with Crippen molar-refractivity contribution in [3.05, 3.63) is 59.7 Å². The van der Waals surface area contributed by atoms with Crippen molar-refractivity contribution in [2.24, 2.45) is 17.3 Å². The molecule has 0 saturated carbocycles. The van der Waals surface area contributed by atoms with Gasteiger partial charge in [-0.1, -0.05) is 48.5 Å². The fourth-order valence-corrected chi connectivity index (χ4v) is 6.87. The highest BCUT2D eigenvalue weighted by molar-refractivity contribution is 5.79. The lowest BCUT2D eigenvalue weighted by Crippen LogP contribution is -2.59. The molecule has 4 heterocycles. The third kappa shape index (κ3) is 2.89. The molecule has 1 N–H and O–H groups in total. The van der Waals surface area contributed by atoms with Gasteiger partial charge in [0.25, 0.3) is 0 Å². The van der Waals surface area contributed by atoms with Gasteiger partial charge in [-0.25, -0.2) is 4.79 Å². The minimum atomic E-state index is -0.785. The molecule has 0 radical (unpaired) electrons. The van der Waals surface area contributed by atoms with Crippen LogP contribution in [-0.2, 0) is 9.53 Å². The number of carbonyl (C=O) groups excluding carboxylic acids is 1. The van der Waals surface area contributed by atoms with Gasteiger partial charge in [0.05, 0.1) is 5.92 Å². The molecule has 4 saturated heterocycles. The summed E-state index contributed by atoms with van der Waals surface area (Å²) in [7, 11) is 0. The number of carboxylic acids is 1. The molecule has 2 bridgehead atoms. The average molecular weight is 433 g/mol. The number of aliphatic carboxylic acids is 1. The fraction of sp³-hybridized carbons (Fsp3) is 0.462. The molecule has 32 heavy (non-hydrogen) atoms. The van der Waals surface area contributed by atoms with Crippen molar-refractivity contribution in [1.29, 1.82) is 0 Å². The van der Waals surface area contributed by atoms with Crippen LogP contribution in [0.1, 0.15) is 29.9 Å². The van der Waals surface area contributed by atoms with Crippen LogP contribution in [0.15, 0.2) is 48.5 Å². The van der Waals surface area contributed by atoms with Crippen molar-refractivity contribution in [1.82, 2.24) is 9.80 Å². The van der Waals surface area contributed by atoms with Crippen molar-refractivity contribution in [2.75, 3.05) is 39.3 Å². The summed E-state index contributed by atoms with van der Waals surface area (Å²) in [5.74, 6) is -0.918. The number of carboxylic acid groups (broad SMARTS) is 1. The van der Waals surface area contributed by atoms with Crippen molar-refractivity contribution in [3.63, 3.8) is 0 Å². The SMILES string of the molecule is O=C(O)C1CN(C(=O)OCC2c3ccccc3-c3ccccc32)CC12CN1CCC2CC1. The lowest BCUT2D eigenvalue weighted by atomic mass is 9.61. The van der Waals surface area contributed by atoms with E-state index >= 15 is 0 Å². The van der Waals surface area contributed by atoms with E-state index in [-0.39, 0.29) is 30.6 Å². The van der Waals surface area contributed by atoms with Gasteiger partial charge in [-0.05, 0) is 54.1 Å². The number of hydrogen-bond acceptors (Lipinski definition) is 4. The number of nitrogens with zero attached hydrogens (tertiary/aromatic N) is 2. The van der Waals surface area contributed by atoms with Gasteiger partial charge >= 0.3 is 12.1 Å². The molecule has 6 nitrogen and oxygen atoms in total. The predicted molar refractivity (Wildman–Crippen MR) is 119 cm³/mol. The molecule has 4 aliphatic heterocycles. The van der Waals surface area contributed by atoms with Gasteiger partial charge in [-0.15, -0.1) is 0 Å². The first kappa shape index (κ1) is 19.8. The summed E-state index contributed by atoms with van der Waals surface area (Å²) in [5, 5.41) is 9.98. The summed E-state index contributed by atoms with van der Waals surface area (Å²) in [6.45, 7) is 3.87. The Labute approximate surface area is 187 Å². The lowest BCUT2D eigenvalue weighted by molar-refractivity contribution is -0.150. The molecule has 0 aromatic heterocycles. The molecule has 1 spiro atoms. The zero-order valence-electron chi connectivity index (χ0n) is 18.1. The minimum Gasteiger partial charge on any atom is -0.481 e. The lowest BCUT2D eigenvalue weighted by Gasteiger charge is -2.53. The van der Waals surface area contributed by atoms with E-state index in [2.05, 4.69) is 29.2 Å². The molecule has 2 atom stereocenters. The van der Waals surface area contributed by atoms with Crippen LogP contribution in [0.5, 0.6) is 0 Å². The maximum Gasteiger partial charge on any atom is 0.409 e. The number of rotatable bonds is 3. The van der Waals surface area contributed by atoms with Crippen molar-refractivity contribution in [2.45, 2.75) is 18.8 Å². The first-order valence-electron chi connectivity index (χ1n) is 11.6. The Balaban J connectivity index is 1.20. The van der Waals surface area contributed by atoms with Crippen LogP contribution < -0.4 is 0 Å². The highest BCUT2D eigenvalue weighted by atomic mass is 16.6. The summed E-state index contributed by atoms with van der Waals surface area (Å²) in [6.07, 6.45) is 1.68. The van der Waals surface area contributed by atoms with Crippen LogP contribution in [0.2, 0.25) is 0 Å². The topological polar surface area (TPSA) is 70.1 Å². The first-order chi connectivity index (χ1) is 15.6. The summed E-state index contributed by atoms with van der Waals surface area (Å²) < 4.78 is 5.85. The zero-order valence-corrected chi connectivity index (χ0v) is 18.1. The van der Waals surface area contributed by atoms with Crippen molar-refractivity contribution < 1.29 is 19.4 Å². The molecule has 7 rings (SSSR count). The van der Waals surface area contributed by atoms with Gasteiger partial charge < -0.3 is 19.6 Å². The number of carbonyl (C=O) groups is 2. The van der Waals surface area contributed by atoms with Gasteiger partial charge in [0.2, 0.25) is 0 Å². The summed E-state index contributed by atoms with van der Waals surface area (Å²) in [5.41, 5.74) is 4.42. The van der Waals surface area contributed by atoms with Crippen LogP contribution in [0.4, 0.5) is 4.79 Å². The molecule has 5 aliphatic rings. The Bertz CT molecular complexity index is 1030. The van der Waals surface area contributed by atoms with Gasteiger partial charge in [0, 0.05) is 31.0 Å². The predicted octanol–water partition coefficient (Wildman–Crippen LogP) is 3.66. The number of ether oxygens (including phenoxy) is 1. The highest BCUT2D eigenvalue weighted by Crippen LogP contribution is 2.51. The van der Waals surface area contributed by atoms with E-state index in [1.54, 1.807) is 4.90 Å². The van der Waals surface area contributed by atoms with Crippen LogP contribution in [0.3, 0.4) is 0 Å². The van der Waals surface area contributed by atoms with Crippen LogP contribution >= 0.6 is 0 Å². The maximum atomic E-state index is 13.1. The highest BCUT2D eigenvalue weighted by Gasteiger charge is 2.59. The zero-order chi connectivity index (χ0) is 21.9. The second-order valence-corrected chi connectivity index (χ2v) is 9.86. The second kappa shape index (κ2) is 7.34. The van der Waals surface area contributed by atoms with E-state index in [0.717, 1.165) is 32.5 Å². The van der Waals surface area contributed by atoms with Gasteiger partial charge in [0.15, 0.2) is 0 Å². The number of benzene rings is 2. The molecule has 166 valence electrons. The van der Waals surface area contributed by atoms with Gasteiger partial charge in [0.1, 0.15) is 6.61 Å². The minimum absolute atomic E-state index is 0.00925. The van der Waals surface area contributed by atoms with Crippen LogP contribution in [0, 0.1) is 17.3 Å². The molecule has 6 heteroatoms. The van der Waals surface area contributed by atoms with E-state index in [4.69, 9.17) is 4.74 Å². The van der Waals surface area contributed by atoms with E-state index in [0.29, 0.717) is 12.5 Å². The van der Waals surface area contributed by atoms with E-state index in [9.17, 15) is 14.7 Å². The van der Waals surface area contributed by atoms with Crippen LogP contribution in [0.25, 0.3) is 11.1 Å². The summed E-state index contributed by atoms with van der Waals surface area (Å²) >= 11 is 0. The summed E-state index contributed by atoms with van der Waals surface area (Å²) in [4.78, 5) is 29.3. The molecule has 2 unspecified atom stereocenters. The van der Waals surface area contributed by atoms with Crippen LogP contribution in [-0.4, -0.2) is 66.3 Å². The fourth-order valence-electron chi connectivity index (χ4n) is 6.87. The monoisotopic (exact) mass is 432 g/mol. The molecule has 4 fully saturated rings. The number of amides is 1. The molecular weight excluding hydrogens is 404 g/mol. The number of fused-ring (bicyclic) bond motifs is 5. The Kier molecular flexibility index (Phi) is 4.54. The normalized spacial score (nSPS) is 30.4. The third-order valence-electron chi connectivity index (χ3n) is 8.39. The first-order valence-corrected chi connectivity index (χ1v) is 11.6. The largest absolute Gasteiger partial charge is 0.481 e. The second-order valence-electron chi connectivity index (χ2n) is 9.86. The molecule has 2 aromatic rings. The Morgan fingerprint density at radius 3 is 2.16 bits per heavy atom. The number of piperidine rings is 3. The van der Waals surface area contributed by atoms with Crippen molar-refractivity contribution in [3.8, 4) is 11.1 Å².